The third kappa shape index (κ3) is 6.97. The first-order chi connectivity index (χ1) is 8.31. The molecular weight excluding hydrogens is 228 g/mol. The zero-order valence-electron chi connectivity index (χ0n) is 12.6. The number of carbonyl (C=O) groups excluding carboxylic acids is 1. The van der Waals surface area contributed by atoms with Crippen molar-refractivity contribution < 1.29 is 9.53 Å². The van der Waals surface area contributed by atoms with Crippen LogP contribution in [0, 0.1) is 5.92 Å². The second-order valence-electron chi connectivity index (χ2n) is 5.68. The van der Waals surface area contributed by atoms with E-state index in [4.69, 9.17) is 10.5 Å². The van der Waals surface area contributed by atoms with Crippen molar-refractivity contribution in [3.8, 4) is 0 Å². The molecule has 4 heteroatoms. The van der Waals surface area contributed by atoms with Crippen LogP contribution >= 0.6 is 0 Å². The highest BCUT2D eigenvalue weighted by atomic mass is 16.5. The van der Waals surface area contributed by atoms with E-state index in [0.29, 0.717) is 18.9 Å². The van der Waals surface area contributed by atoms with Crippen molar-refractivity contribution >= 4 is 5.91 Å². The normalized spacial score (nSPS) is 16.6. The molecule has 2 unspecified atom stereocenters. The van der Waals surface area contributed by atoms with Crippen LogP contribution in [0.4, 0.5) is 0 Å². The van der Waals surface area contributed by atoms with Gasteiger partial charge in [-0.25, -0.2) is 0 Å². The average molecular weight is 258 g/mol. The molecule has 0 aliphatic rings. The topological polar surface area (TPSA) is 64.3 Å². The van der Waals surface area contributed by atoms with Crippen molar-refractivity contribution in [2.75, 3.05) is 13.2 Å². The Hall–Kier alpha value is -0.610. The predicted octanol–water partition coefficient (Wildman–Crippen LogP) is 2.07. The maximum Gasteiger partial charge on any atom is 0.237 e. The molecule has 0 fully saturated rings. The quantitative estimate of drug-likeness (QED) is 0.630. The van der Waals surface area contributed by atoms with Gasteiger partial charge in [0.15, 0.2) is 0 Å². The van der Waals surface area contributed by atoms with Gasteiger partial charge in [-0.05, 0) is 45.6 Å². The molecule has 18 heavy (non-hydrogen) atoms. The summed E-state index contributed by atoms with van der Waals surface area (Å²) in [6.45, 7) is 11.7. The molecule has 1 amide bonds. The van der Waals surface area contributed by atoms with Crippen LogP contribution in [0.1, 0.15) is 53.9 Å². The second kappa shape index (κ2) is 8.48. The fourth-order valence-corrected chi connectivity index (χ4v) is 1.90. The van der Waals surface area contributed by atoms with Crippen molar-refractivity contribution in [2.45, 2.75) is 65.5 Å². The van der Waals surface area contributed by atoms with E-state index in [1.807, 2.05) is 6.92 Å². The van der Waals surface area contributed by atoms with Gasteiger partial charge in [0.05, 0.1) is 11.6 Å². The largest absolute Gasteiger partial charge is 0.378 e. The summed E-state index contributed by atoms with van der Waals surface area (Å²) in [7, 11) is 0. The van der Waals surface area contributed by atoms with E-state index in [0.717, 1.165) is 19.4 Å². The molecule has 0 radical (unpaired) electrons. The Morgan fingerprint density at radius 1 is 1.39 bits per heavy atom. The number of hydrogen-bond donors (Lipinski definition) is 2. The first-order valence-corrected chi connectivity index (χ1v) is 6.98. The highest BCUT2D eigenvalue weighted by Crippen LogP contribution is 2.12. The number of nitrogens with one attached hydrogen (secondary N) is 1. The van der Waals surface area contributed by atoms with Crippen LogP contribution < -0.4 is 11.1 Å². The Morgan fingerprint density at radius 3 is 2.44 bits per heavy atom. The van der Waals surface area contributed by atoms with Gasteiger partial charge in [-0.15, -0.1) is 0 Å². The molecule has 4 nitrogen and oxygen atoms in total. The smallest absolute Gasteiger partial charge is 0.237 e. The minimum absolute atomic E-state index is 0.230. The van der Waals surface area contributed by atoms with Crippen molar-refractivity contribution in [2.24, 2.45) is 11.7 Å². The lowest BCUT2D eigenvalue weighted by Gasteiger charge is -2.28. The van der Waals surface area contributed by atoms with E-state index in [1.165, 1.54) is 0 Å². The fourth-order valence-electron chi connectivity index (χ4n) is 1.90. The monoisotopic (exact) mass is 258 g/mol. The third-order valence-corrected chi connectivity index (χ3v) is 3.12. The summed E-state index contributed by atoms with van der Waals surface area (Å²) in [5.41, 5.74) is 4.79. The van der Waals surface area contributed by atoms with E-state index in [1.54, 1.807) is 0 Å². The standard InChI is InChI=1S/C14H30N2O2/c1-6-8-16-14(5,13(15)17)7-9-18-12(4)10-11(2)3/h11-12,16H,6-10H2,1-5H3,(H2,15,17). The average Bonchev–Trinajstić information content (AvgIpc) is 2.25. The van der Waals surface area contributed by atoms with Gasteiger partial charge in [-0.3, -0.25) is 4.79 Å². The molecule has 0 bridgehead atoms. The number of ether oxygens (including phenoxy) is 1. The Bertz CT molecular complexity index is 244. The predicted molar refractivity (Wildman–Crippen MR) is 75.4 cm³/mol. The first kappa shape index (κ1) is 17.4. The van der Waals surface area contributed by atoms with Crippen LogP contribution in [0.2, 0.25) is 0 Å². The van der Waals surface area contributed by atoms with Crippen molar-refractivity contribution in [3.63, 3.8) is 0 Å². The van der Waals surface area contributed by atoms with Crippen LogP contribution in [0.3, 0.4) is 0 Å². The Morgan fingerprint density at radius 2 is 2.00 bits per heavy atom. The number of amides is 1. The molecule has 3 N–H and O–H groups in total. The molecule has 0 spiro atoms. The van der Waals surface area contributed by atoms with Gasteiger partial charge in [0.1, 0.15) is 0 Å². The van der Waals surface area contributed by atoms with Crippen LogP contribution in [0.25, 0.3) is 0 Å². The fraction of sp³-hybridized carbons (Fsp3) is 0.929. The molecule has 0 aromatic heterocycles. The van der Waals surface area contributed by atoms with Crippen molar-refractivity contribution in [3.05, 3.63) is 0 Å². The zero-order chi connectivity index (χ0) is 14.2. The maximum absolute atomic E-state index is 11.5. The minimum atomic E-state index is -0.659. The lowest BCUT2D eigenvalue weighted by atomic mass is 9.97. The van der Waals surface area contributed by atoms with Crippen LogP contribution in [0.15, 0.2) is 0 Å². The van der Waals surface area contributed by atoms with Crippen molar-refractivity contribution in [1.29, 1.82) is 0 Å². The number of hydrogen-bond acceptors (Lipinski definition) is 3. The summed E-state index contributed by atoms with van der Waals surface area (Å²) in [6.07, 6.45) is 2.86. The molecule has 2 atom stereocenters. The molecule has 0 aromatic carbocycles. The van der Waals surface area contributed by atoms with Crippen LogP contribution in [-0.2, 0) is 9.53 Å². The van der Waals surface area contributed by atoms with E-state index in [2.05, 4.69) is 33.0 Å². The van der Waals surface area contributed by atoms with E-state index < -0.39 is 5.54 Å². The zero-order valence-corrected chi connectivity index (χ0v) is 12.6. The number of nitrogens with two attached hydrogens (primary N) is 1. The molecule has 0 aliphatic heterocycles. The van der Waals surface area contributed by atoms with Gasteiger partial charge >= 0.3 is 0 Å². The van der Waals surface area contributed by atoms with Gasteiger partial charge in [0.25, 0.3) is 0 Å². The third-order valence-electron chi connectivity index (χ3n) is 3.12. The van der Waals surface area contributed by atoms with Gasteiger partial charge in [0.2, 0.25) is 5.91 Å². The van der Waals surface area contributed by atoms with Crippen molar-refractivity contribution in [1.82, 2.24) is 5.32 Å². The van der Waals surface area contributed by atoms with Gasteiger partial charge < -0.3 is 15.8 Å². The number of carbonyl (C=O) groups is 1. The Labute approximate surface area is 112 Å². The summed E-state index contributed by atoms with van der Waals surface area (Å²) in [5, 5.41) is 3.21. The number of rotatable bonds is 10. The van der Waals surface area contributed by atoms with E-state index in [9.17, 15) is 4.79 Å². The SMILES string of the molecule is CCCNC(C)(CCOC(C)CC(C)C)C(N)=O. The summed E-state index contributed by atoms with van der Waals surface area (Å²) >= 11 is 0. The lowest BCUT2D eigenvalue weighted by molar-refractivity contribution is -0.124. The van der Waals surface area contributed by atoms with Crippen LogP contribution in [-0.4, -0.2) is 30.7 Å². The maximum atomic E-state index is 11.5. The summed E-state index contributed by atoms with van der Waals surface area (Å²) in [5.74, 6) is 0.316. The summed E-state index contributed by atoms with van der Waals surface area (Å²) in [4.78, 5) is 11.5. The van der Waals surface area contributed by atoms with Gasteiger partial charge in [-0.2, -0.15) is 0 Å². The Kier molecular flexibility index (Phi) is 8.20. The highest BCUT2D eigenvalue weighted by Gasteiger charge is 2.29. The second-order valence-corrected chi connectivity index (χ2v) is 5.68. The molecule has 0 aromatic rings. The summed E-state index contributed by atoms with van der Waals surface area (Å²) < 4.78 is 5.73. The minimum Gasteiger partial charge on any atom is -0.378 e. The summed E-state index contributed by atoms with van der Waals surface area (Å²) in [6, 6.07) is 0. The van der Waals surface area contributed by atoms with Gasteiger partial charge in [-0.1, -0.05) is 20.8 Å². The lowest BCUT2D eigenvalue weighted by Crippen LogP contribution is -2.54. The molecule has 0 rings (SSSR count). The van der Waals surface area contributed by atoms with E-state index in [-0.39, 0.29) is 12.0 Å². The molecule has 0 saturated heterocycles. The first-order valence-electron chi connectivity index (χ1n) is 6.98. The van der Waals surface area contributed by atoms with Gasteiger partial charge in [0, 0.05) is 6.61 Å². The van der Waals surface area contributed by atoms with E-state index >= 15 is 0 Å². The molecule has 108 valence electrons. The highest BCUT2D eigenvalue weighted by molar-refractivity contribution is 5.84. The molecule has 0 heterocycles. The van der Waals surface area contributed by atoms with Crippen LogP contribution in [0.5, 0.6) is 0 Å². The molecule has 0 aliphatic carbocycles. The Balaban J connectivity index is 4.08. The number of primary amides is 1. The molecular formula is C14H30N2O2. The molecule has 0 saturated carbocycles.